The molecule has 1 saturated carbocycles. The number of hydrogen-bond acceptors (Lipinski definition) is 3. The van der Waals surface area contributed by atoms with Gasteiger partial charge in [-0.05, 0) is 51.4 Å². The topological polar surface area (TPSA) is 89.4 Å². The lowest BCUT2D eigenvalue weighted by Crippen LogP contribution is -2.49. The van der Waals surface area contributed by atoms with Crippen LogP contribution in [0.5, 0.6) is 0 Å². The minimum Gasteiger partial charge on any atom is -0.369 e. The van der Waals surface area contributed by atoms with Gasteiger partial charge in [-0.25, -0.2) is 0 Å². The zero-order valence-corrected chi connectivity index (χ0v) is 12.4. The maximum absolute atomic E-state index is 12.5. The Balaban J connectivity index is 1.88. The molecule has 0 aromatic heterocycles. The number of rotatable bonds is 3. The van der Waals surface area contributed by atoms with E-state index in [0.29, 0.717) is 24.9 Å². The Kier molecular flexibility index (Phi) is 5.02. The van der Waals surface area contributed by atoms with Crippen molar-refractivity contribution in [3.8, 4) is 0 Å². The average molecular weight is 281 g/mol. The van der Waals surface area contributed by atoms with E-state index in [1.165, 1.54) is 0 Å². The van der Waals surface area contributed by atoms with Crippen molar-refractivity contribution >= 4 is 11.8 Å². The summed E-state index contributed by atoms with van der Waals surface area (Å²) in [5.41, 5.74) is 11.3. The highest BCUT2D eigenvalue weighted by atomic mass is 16.2. The summed E-state index contributed by atoms with van der Waals surface area (Å²) in [5.74, 6) is 0.195. The van der Waals surface area contributed by atoms with Crippen LogP contribution in [0.3, 0.4) is 0 Å². The standard InChI is InChI=1S/C15H27N3O2/c1-10-2-5-12(15(17)20)9-18(10)14(19)8-11-3-6-13(16)7-4-11/h10-13H,2-9,16H2,1H3,(H2,17,20). The molecule has 2 atom stereocenters. The van der Waals surface area contributed by atoms with Gasteiger partial charge in [0.25, 0.3) is 0 Å². The number of hydrogen-bond donors (Lipinski definition) is 2. The van der Waals surface area contributed by atoms with Crippen LogP contribution in [0.4, 0.5) is 0 Å². The molecule has 0 radical (unpaired) electrons. The quantitative estimate of drug-likeness (QED) is 0.809. The normalized spacial score (nSPS) is 34.8. The highest BCUT2D eigenvalue weighted by Crippen LogP contribution is 2.28. The van der Waals surface area contributed by atoms with Crippen LogP contribution in [0.2, 0.25) is 0 Å². The summed E-state index contributed by atoms with van der Waals surface area (Å²) < 4.78 is 0. The van der Waals surface area contributed by atoms with Crippen molar-refractivity contribution in [2.75, 3.05) is 6.54 Å². The molecule has 1 saturated heterocycles. The first kappa shape index (κ1) is 15.3. The van der Waals surface area contributed by atoms with Gasteiger partial charge in [0.05, 0.1) is 5.92 Å². The molecule has 1 heterocycles. The summed E-state index contributed by atoms with van der Waals surface area (Å²) in [6.07, 6.45) is 6.42. The maximum atomic E-state index is 12.5. The van der Waals surface area contributed by atoms with E-state index in [2.05, 4.69) is 6.92 Å². The zero-order chi connectivity index (χ0) is 14.7. The van der Waals surface area contributed by atoms with Crippen molar-refractivity contribution in [1.82, 2.24) is 4.90 Å². The van der Waals surface area contributed by atoms with Crippen LogP contribution in [0.25, 0.3) is 0 Å². The van der Waals surface area contributed by atoms with Gasteiger partial charge in [-0.3, -0.25) is 9.59 Å². The van der Waals surface area contributed by atoms with Gasteiger partial charge in [0.15, 0.2) is 0 Å². The summed E-state index contributed by atoms with van der Waals surface area (Å²) in [6, 6.07) is 0.540. The van der Waals surface area contributed by atoms with Gasteiger partial charge < -0.3 is 16.4 Å². The van der Waals surface area contributed by atoms with Crippen LogP contribution in [0.15, 0.2) is 0 Å². The van der Waals surface area contributed by atoms with Crippen molar-refractivity contribution in [2.45, 2.75) is 64.0 Å². The summed E-state index contributed by atoms with van der Waals surface area (Å²) in [4.78, 5) is 25.7. The Morgan fingerprint density at radius 2 is 1.75 bits per heavy atom. The van der Waals surface area contributed by atoms with Gasteiger partial charge in [0.1, 0.15) is 0 Å². The number of carbonyl (C=O) groups is 2. The first-order valence-corrected chi connectivity index (χ1v) is 7.81. The molecule has 5 heteroatoms. The molecule has 4 N–H and O–H groups in total. The second-order valence-corrected chi connectivity index (χ2v) is 6.56. The first-order chi connectivity index (χ1) is 9.47. The van der Waals surface area contributed by atoms with Crippen molar-refractivity contribution in [3.05, 3.63) is 0 Å². The molecule has 1 aliphatic carbocycles. The van der Waals surface area contributed by atoms with Crippen LogP contribution in [0, 0.1) is 11.8 Å². The molecule has 2 aliphatic rings. The van der Waals surface area contributed by atoms with Crippen LogP contribution >= 0.6 is 0 Å². The molecular weight excluding hydrogens is 254 g/mol. The molecule has 0 aromatic rings. The fourth-order valence-corrected chi connectivity index (χ4v) is 3.44. The Morgan fingerprint density at radius 3 is 2.35 bits per heavy atom. The second kappa shape index (κ2) is 6.57. The van der Waals surface area contributed by atoms with Gasteiger partial charge in [-0.2, -0.15) is 0 Å². The van der Waals surface area contributed by atoms with Crippen LogP contribution in [-0.4, -0.2) is 35.3 Å². The molecule has 2 rings (SSSR count). The fraction of sp³-hybridized carbons (Fsp3) is 0.867. The SMILES string of the molecule is CC1CCC(C(N)=O)CN1C(=O)CC1CCC(N)CC1. The number of nitrogens with zero attached hydrogens (tertiary/aromatic N) is 1. The van der Waals surface area contributed by atoms with E-state index in [-0.39, 0.29) is 23.8 Å². The smallest absolute Gasteiger partial charge is 0.223 e. The van der Waals surface area contributed by atoms with Gasteiger partial charge in [-0.15, -0.1) is 0 Å². The van der Waals surface area contributed by atoms with Crippen molar-refractivity contribution in [2.24, 2.45) is 23.3 Å². The minimum atomic E-state index is -0.279. The number of piperidine rings is 1. The number of likely N-dealkylation sites (tertiary alicyclic amines) is 1. The molecule has 1 aliphatic heterocycles. The molecule has 2 unspecified atom stereocenters. The van der Waals surface area contributed by atoms with Crippen LogP contribution in [0.1, 0.15) is 51.9 Å². The van der Waals surface area contributed by atoms with Crippen molar-refractivity contribution < 1.29 is 9.59 Å². The zero-order valence-electron chi connectivity index (χ0n) is 12.4. The number of carbonyl (C=O) groups excluding carboxylic acids is 2. The number of amides is 2. The van der Waals surface area contributed by atoms with E-state index in [1.807, 2.05) is 4.90 Å². The van der Waals surface area contributed by atoms with Gasteiger partial charge in [0.2, 0.25) is 11.8 Å². The Hall–Kier alpha value is -1.10. The van der Waals surface area contributed by atoms with Gasteiger partial charge >= 0.3 is 0 Å². The molecule has 2 amide bonds. The van der Waals surface area contributed by atoms with Gasteiger partial charge in [-0.1, -0.05) is 0 Å². The van der Waals surface area contributed by atoms with E-state index in [9.17, 15) is 9.59 Å². The molecule has 2 fully saturated rings. The Labute approximate surface area is 121 Å². The summed E-state index contributed by atoms with van der Waals surface area (Å²) in [6.45, 7) is 2.56. The number of primary amides is 1. The third-order valence-corrected chi connectivity index (χ3v) is 4.96. The van der Waals surface area contributed by atoms with E-state index in [0.717, 1.165) is 38.5 Å². The minimum absolute atomic E-state index is 0.171. The first-order valence-electron chi connectivity index (χ1n) is 7.81. The van der Waals surface area contributed by atoms with Crippen LogP contribution < -0.4 is 11.5 Å². The van der Waals surface area contributed by atoms with Crippen molar-refractivity contribution in [3.63, 3.8) is 0 Å². The summed E-state index contributed by atoms with van der Waals surface area (Å²) in [5, 5.41) is 0. The molecule has 20 heavy (non-hydrogen) atoms. The largest absolute Gasteiger partial charge is 0.369 e. The predicted molar refractivity (Wildman–Crippen MR) is 77.6 cm³/mol. The Bertz CT molecular complexity index is 364. The third kappa shape index (κ3) is 3.72. The van der Waals surface area contributed by atoms with E-state index >= 15 is 0 Å². The lowest BCUT2D eigenvalue weighted by atomic mass is 9.83. The molecule has 0 bridgehead atoms. The monoisotopic (exact) mass is 281 g/mol. The lowest BCUT2D eigenvalue weighted by molar-refractivity contribution is -0.138. The lowest BCUT2D eigenvalue weighted by Gasteiger charge is -2.38. The van der Waals surface area contributed by atoms with E-state index < -0.39 is 0 Å². The molecule has 0 spiro atoms. The number of nitrogens with two attached hydrogens (primary N) is 2. The highest BCUT2D eigenvalue weighted by molar-refractivity contribution is 5.80. The highest BCUT2D eigenvalue weighted by Gasteiger charge is 2.32. The Morgan fingerprint density at radius 1 is 1.10 bits per heavy atom. The molecular formula is C15H27N3O2. The van der Waals surface area contributed by atoms with Crippen molar-refractivity contribution in [1.29, 1.82) is 0 Å². The molecule has 5 nitrogen and oxygen atoms in total. The van der Waals surface area contributed by atoms with Crippen LogP contribution in [-0.2, 0) is 9.59 Å². The fourth-order valence-electron chi connectivity index (χ4n) is 3.44. The van der Waals surface area contributed by atoms with Gasteiger partial charge in [0, 0.05) is 25.0 Å². The second-order valence-electron chi connectivity index (χ2n) is 6.56. The summed E-state index contributed by atoms with van der Waals surface area (Å²) >= 11 is 0. The molecule has 114 valence electrons. The van der Waals surface area contributed by atoms with E-state index in [4.69, 9.17) is 11.5 Å². The molecule has 0 aromatic carbocycles. The predicted octanol–water partition coefficient (Wildman–Crippen LogP) is 1.01. The maximum Gasteiger partial charge on any atom is 0.223 e. The van der Waals surface area contributed by atoms with E-state index in [1.54, 1.807) is 0 Å². The average Bonchev–Trinajstić information content (AvgIpc) is 2.41. The summed E-state index contributed by atoms with van der Waals surface area (Å²) in [7, 11) is 0. The third-order valence-electron chi connectivity index (χ3n) is 4.96.